The van der Waals surface area contributed by atoms with Crippen molar-refractivity contribution in [2.24, 2.45) is 23.7 Å². The lowest BCUT2D eigenvalue weighted by atomic mass is 9.97. The van der Waals surface area contributed by atoms with Gasteiger partial charge in [0.2, 0.25) is 0 Å². The Balaban J connectivity index is 1.65. The molecule has 3 amide bonds. The lowest BCUT2D eigenvalue weighted by Crippen LogP contribution is -2.33. The van der Waals surface area contributed by atoms with Crippen molar-refractivity contribution in [1.29, 1.82) is 0 Å². The third-order valence-corrected chi connectivity index (χ3v) is 12.4. The smallest absolute Gasteiger partial charge is 0.333 e. The number of nitro groups is 1. The lowest BCUT2D eigenvalue weighted by Gasteiger charge is -2.24. The van der Waals surface area contributed by atoms with Crippen molar-refractivity contribution in [3.8, 4) is 0 Å². The van der Waals surface area contributed by atoms with Gasteiger partial charge in [0.05, 0.1) is 17.7 Å². The van der Waals surface area contributed by atoms with Crippen LogP contribution in [0.3, 0.4) is 0 Å². The van der Waals surface area contributed by atoms with Crippen molar-refractivity contribution in [2.75, 3.05) is 19.6 Å². The highest BCUT2D eigenvalue weighted by Gasteiger charge is 2.24. The normalized spacial score (nSPS) is 12.2. The van der Waals surface area contributed by atoms with E-state index >= 15 is 0 Å². The van der Waals surface area contributed by atoms with E-state index < -0.39 is 16.8 Å². The van der Waals surface area contributed by atoms with E-state index in [0.717, 1.165) is 96.4 Å². The van der Waals surface area contributed by atoms with E-state index in [4.69, 9.17) is 4.74 Å². The average Bonchev–Trinajstić information content (AvgIpc) is 3.76. The van der Waals surface area contributed by atoms with Gasteiger partial charge in [0, 0.05) is 60.1 Å². The van der Waals surface area contributed by atoms with Gasteiger partial charge in [-0.3, -0.25) is 29.2 Å². The zero-order chi connectivity index (χ0) is 49.8. The third-order valence-electron chi connectivity index (χ3n) is 12.4. The summed E-state index contributed by atoms with van der Waals surface area (Å²) in [5.74, 6) is 0.656. The first kappa shape index (κ1) is 56.9. The van der Waals surface area contributed by atoms with Gasteiger partial charge in [0.25, 0.3) is 23.4 Å². The van der Waals surface area contributed by atoms with Crippen molar-refractivity contribution < 1.29 is 28.8 Å². The highest BCUT2D eigenvalue weighted by Crippen LogP contribution is 2.23. The van der Waals surface area contributed by atoms with E-state index in [-0.39, 0.29) is 47.3 Å². The fraction of sp³-hybridized carbons (Fsp3) is 0.630. The molecule has 2 atom stereocenters. The van der Waals surface area contributed by atoms with Crippen LogP contribution in [0.15, 0.2) is 60.8 Å². The minimum atomic E-state index is -0.448. The molecule has 2 N–H and O–H groups in total. The predicted octanol–water partition coefficient (Wildman–Crippen LogP) is 11.8. The molecule has 3 rings (SSSR count). The van der Waals surface area contributed by atoms with Crippen LogP contribution in [0.4, 0.5) is 5.69 Å². The lowest BCUT2D eigenvalue weighted by molar-refractivity contribution is -0.385. The summed E-state index contributed by atoms with van der Waals surface area (Å²) in [6.45, 7) is 20.6. The second kappa shape index (κ2) is 31.6. The summed E-state index contributed by atoms with van der Waals surface area (Å²) in [7, 11) is 0. The maximum absolute atomic E-state index is 14.6. The molecule has 1 heterocycles. The highest BCUT2D eigenvalue weighted by molar-refractivity contribution is 6.04. The molecular weight excluding hydrogens is 859 g/mol. The Labute approximate surface area is 407 Å². The van der Waals surface area contributed by atoms with Crippen molar-refractivity contribution in [3.05, 3.63) is 98.9 Å². The van der Waals surface area contributed by atoms with Gasteiger partial charge < -0.3 is 20.3 Å². The molecule has 0 unspecified atom stereocenters. The number of benzene rings is 2. The van der Waals surface area contributed by atoms with Crippen LogP contribution < -0.4 is 10.6 Å². The van der Waals surface area contributed by atoms with E-state index in [9.17, 15) is 29.3 Å². The molecule has 1 aromatic heterocycles. The maximum Gasteiger partial charge on any atom is 0.333 e. The van der Waals surface area contributed by atoms with Crippen molar-refractivity contribution in [3.63, 3.8) is 0 Å². The summed E-state index contributed by atoms with van der Waals surface area (Å²) < 4.78 is 6.91. The summed E-state index contributed by atoms with van der Waals surface area (Å²) in [5, 5.41) is 26.3. The second-order valence-corrected chi connectivity index (χ2v) is 19.9. The number of nitrogens with zero attached hydrogens (tertiary/aromatic N) is 5. The number of aryl methyl sites for hydroxylation is 1. The summed E-state index contributed by atoms with van der Waals surface area (Å²) in [5.41, 5.74) is 1.94. The molecule has 0 radical (unpaired) electrons. The van der Waals surface area contributed by atoms with Crippen molar-refractivity contribution >= 4 is 29.4 Å². The highest BCUT2D eigenvalue weighted by atomic mass is 16.6. The minimum absolute atomic E-state index is 0.00963. The molecule has 3 aromatic rings. The fourth-order valence-electron chi connectivity index (χ4n) is 8.17. The quantitative estimate of drug-likeness (QED) is 0.0191. The molecule has 0 spiro atoms. The minimum Gasteiger partial charge on any atom is -0.456 e. The van der Waals surface area contributed by atoms with E-state index in [1.807, 2.05) is 0 Å². The first-order chi connectivity index (χ1) is 32.5. The number of esters is 1. The number of amides is 3. The molecule has 376 valence electrons. The molecule has 68 heavy (non-hydrogen) atoms. The van der Waals surface area contributed by atoms with Crippen LogP contribution >= 0.6 is 0 Å². The van der Waals surface area contributed by atoms with Gasteiger partial charge >= 0.3 is 5.97 Å². The largest absolute Gasteiger partial charge is 0.456 e. The van der Waals surface area contributed by atoms with Crippen LogP contribution in [-0.2, 0) is 29.2 Å². The number of unbranched alkanes of at least 4 members (excludes halogenated alkanes) is 8. The summed E-state index contributed by atoms with van der Waals surface area (Å²) >= 11 is 0. The Hall–Kier alpha value is -5.40. The number of hydrogen-bond acceptors (Lipinski definition) is 9. The Morgan fingerprint density at radius 1 is 0.721 bits per heavy atom. The molecule has 14 heteroatoms. The van der Waals surface area contributed by atoms with E-state index in [1.165, 1.54) is 18.9 Å². The van der Waals surface area contributed by atoms with Gasteiger partial charge in [-0.2, -0.15) is 0 Å². The van der Waals surface area contributed by atoms with Crippen molar-refractivity contribution in [1.82, 2.24) is 30.5 Å². The number of para-hydroxylation sites is 1. The average molecular weight is 942 g/mol. The van der Waals surface area contributed by atoms with E-state index in [2.05, 4.69) is 69.1 Å². The number of carbonyl (C=O) groups excluding carboxylic acids is 4. The fourth-order valence-corrected chi connectivity index (χ4v) is 8.17. The number of hydrogen-bond donors (Lipinski definition) is 2. The van der Waals surface area contributed by atoms with E-state index in [1.54, 1.807) is 59.1 Å². The van der Waals surface area contributed by atoms with Crippen LogP contribution in [0.2, 0.25) is 0 Å². The van der Waals surface area contributed by atoms with Gasteiger partial charge in [-0.1, -0.05) is 155 Å². The molecule has 0 aliphatic carbocycles. The Morgan fingerprint density at radius 3 is 1.76 bits per heavy atom. The molecule has 0 saturated heterocycles. The molecule has 14 nitrogen and oxygen atoms in total. The van der Waals surface area contributed by atoms with Gasteiger partial charge in [-0.05, 0) is 74.5 Å². The van der Waals surface area contributed by atoms with Gasteiger partial charge in [-0.25, -0.2) is 4.79 Å². The first-order valence-electron chi connectivity index (χ1n) is 25.5. The van der Waals surface area contributed by atoms with E-state index in [0.29, 0.717) is 66.6 Å². The summed E-state index contributed by atoms with van der Waals surface area (Å²) in [6.07, 6.45) is 19.2. The monoisotopic (exact) mass is 942 g/mol. The number of nitro benzene ring substituents is 1. The third kappa shape index (κ3) is 22.6. The molecular formula is C54H83N7O7. The number of rotatable bonds is 35. The van der Waals surface area contributed by atoms with Gasteiger partial charge in [0.1, 0.15) is 12.3 Å². The maximum atomic E-state index is 14.6. The molecule has 0 aliphatic heterocycles. The first-order valence-corrected chi connectivity index (χ1v) is 25.5. The van der Waals surface area contributed by atoms with Crippen LogP contribution in [0.1, 0.15) is 200 Å². The Bertz CT molecular complexity index is 1970. The summed E-state index contributed by atoms with van der Waals surface area (Å²) in [4.78, 5) is 66.9. The predicted molar refractivity (Wildman–Crippen MR) is 270 cm³/mol. The summed E-state index contributed by atoms with van der Waals surface area (Å²) in [6, 6.07) is 11.1. The zero-order valence-corrected chi connectivity index (χ0v) is 42.5. The molecule has 0 saturated carbocycles. The molecule has 0 bridgehead atoms. The zero-order valence-electron chi connectivity index (χ0n) is 42.5. The molecule has 0 aliphatic rings. The number of carbonyl (C=O) groups is 4. The molecule has 2 aromatic carbocycles. The Kier molecular flexibility index (Phi) is 26.5. The number of nitrogens with one attached hydrogen (secondary N) is 2. The molecule has 0 fully saturated rings. The standard InChI is InChI=1S/C54H83N7O7/c1-40(2)22-20-24-43(7)28-30-55-51(62)46-34-47(52(63)56-31-29-44(8)25-21-23-41(3)4)36-48(35-46)53(64)59(37-45-26-16-17-27-50(45)61(66)67)32-18-14-12-10-9-11-13-15-19-33-60-38-49(57-58-60)39-68-54(65)42(5)6/h16-17,26-27,34-36,38,40-41,43-44H,5,9-15,18-25,28-33,37,39H2,1-4,6-8H3,(H,55,62)(H,56,63)/t43-,44-/m0/s1. The van der Waals surface area contributed by atoms with Crippen LogP contribution in [0.25, 0.3) is 0 Å². The number of aromatic nitrogens is 3. The van der Waals surface area contributed by atoms with Crippen LogP contribution in [0, 0.1) is 33.8 Å². The van der Waals surface area contributed by atoms with Crippen LogP contribution in [0.5, 0.6) is 0 Å². The topological polar surface area (TPSA) is 179 Å². The Morgan fingerprint density at radius 2 is 1.24 bits per heavy atom. The van der Waals surface area contributed by atoms with Gasteiger partial charge in [0.15, 0.2) is 0 Å². The second-order valence-electron chi connectivity index (χ2n) is 19.9. The van der Waals surface area contributed by atoms with Crippen LogP contribution in [-0.4, -0.2) is 68.1 Å². The SMILES string of the molecule is C=C(C)C(=O)OCc1cn(CCCCCCCCCCCN(Cc2ccccc2[N+](=O)[O-])C(=O)c2cc(C(=O)NCC[C@@H](C)CCCC(C)C)cc(C(=O)NCC[C@@H](C)CCCC(C)C)c2)nn1. The number of ether oxygens (including phenoxy) is 1. The van der Waals surface area contributed by atoms with Crippen molar-refractivity contribution in [2.45, 2.75) is 177 Å². The van der Waals surface area contributed by atoms with Gasteiger partial charge in [-0.15, -0.1) is 5.10 Å².